The number of para-hydroxylation sites is 1. The molecule has 0 spiro atoms. The summed E-state index contributed by atoms with van der Waals surface area (Å²) in [4.78, 5) is 0. The van der Waals surface area contributed by atoms with Gasteiger partial charge in [0, 0.05) is 0 Å². The van der Waals surface area contributed by atoms with Gasteiger partial charge in [-0.2, -0.15) is 0 Å². The van der Waals surface area contributed by atoms with Gasteiger partial charge in [0.1, 0.15) is 22.9 Å². The molecule has 0 radical (unpaired) electrons. The molecule has 4 rings (SSSR count). The van der Waals surface area contributed by atoms with Crippen molar-refractivity contribution in [2.24, 2.45) is 5.92 Å². The standard InChI is InChI=1S/C24H31N3O6S/c1-31-19-10-6-11-20(32-2)23(19)27-22(25-26-24(27)21-12-7-14-33-21)16-34(29,30)15-13-18(28)17-8-4-3-5-9-17/h6-7,10-12,14,17-18,28H,3-5,8-9,13,15-16H2,1-2H3/t18-/m1/s1. The van der Waals surface area contributed by atoms with Gasteiger partial charge in [-0.05, 0) is 49.4 Å². The molecule has 0 amide bonds. The predicted octanol–water partition coefficient (Wildman–Crippen LogP) is 3.79. The van der Waals surface area contributed by atoms with Gasteiger partial charge in [-0.15, -0.1) is 10.2 Å². The van der Waals surface area contributed by atoms with Gasteiger partial charge in [0.05, 0.1) is 32.3 Å². The van der Waals surface area contributed by atoms with E-state index in [1.54, 1.807) is 34.9 Å². The highest BCUT2D eigenvalue weighted by Crippen LogP contribution is 2.37. The number of aromatic nitrogens is 3. The van der Waals surface area contributed by atoms with Gasteiger partial charge in [0.25, 0.3) is 0 Å². The quantitative estimate of drug-likeness (QED) is 0.457. The van der Waals surface area contributed by atoms with Crippen LogP contribution in [0.5, 0.6) is 11.5 Å². The molecule has 1 fully saturated rings. The van der Waals surface area contributed by atoms with Crippen molar-refractivity contribution in [1.82, 2.24) is 14.8 Å². The Kier molecular flexibility index (Phi) is 7.57. The number of ether oxygens (including phenoxy) is 2. The van der Waals surface area contributed by atoms with Crippen LogP contribution in [0.2, 0.25) is 0 Å². The molecule has 1 atom stereocenters. The van der Waals surface area contributed by atoms with Gasteiger partial charge in [0.15, 0.2) is 21.4 Å². The summed E-state index contributed by atoms with van der Waals surface area (Å²) >= 11 is 0. The maximum atomic E-state index is 13.1. The lowest BCUT2D eigenvalue weighted by atomic mass is 9.84. The molecule has 1 N–H and O–H groups in total. The number of aliphatic hydroxyl groups is 1. The van der Waals surface area contributed by atoms with Crippen molar-refractivity contribution < 1.29 is 27.4 Å². The third-order valence-corrected chi connectivity index (χ3v) is 7.92. The van der Waals surface area contributed by atoms with Crippen molar-refractivity contribution >= 4 is 9.84 Å². The molecule has 0 aliphatic heterocycles. The Morgan fingerprint density at radius 3 is 2.41 bits per heavy atom. The first-order valence-electron chi connectivity index (χ1n) is 11.5. The molecule has 0 saturated heterocycles. The molecule has 0 unspecified atom stereocenters. The van der Waals surface area contributed by atoms with Crippen molar-refractivity contribution in [3.8, 4) is 28.8 Å². The number of aliphatic hydroxyl groups excluding tert-OH is 1. The summed E-state index contributed by atoms with van der Waals surface area (Å²) in [5.74, 6) is 1.61. The fourth-order valence-electron chi connectivity index (χ4n) is 4.59. The van der Waals surface area contributed by atoms with Gasteiger partial charge in [-0.3, -0.25) is 4.57 Å². The summed E-state index contributed by atoms with van der Waals surface area (Å²) < 4.78 is 44.4. The first kappa shape index (κ1) is 24.3. The zero-order valence-corrected chi connectivity index (χ0v) is 20.3. The minimum absolute atomic E-state index is 0.128. The first-order chi connectivity index (χ1) is 16.4. The largest absolute Gasteiger partial charge is 0.494 e. The lowest BCUT2D eigenvalue weighted by Gasteiger charge is -2.26. The summed E-state index contributed by atoms with van der Waals surface area (Å²) in [7, 11) is -0.537. The van der Waals surface area contributed by atoms with E-state index in [9.17, 15) is 13.5 Å². The Hall–Kier alpha value is -2.85. The second-order valence-corrected chi connectivity index (χ2v) is 10.8. The maximum Gasteiger partial charge on any atom is 0.204 e. The summed E-state index contributed by atoms with van der Waals surface area (Å²) in [6.07, 6.45) is 6.39. The number of benzene rings is 1. The Balaban J connectivity index is 1.65. The van der Waals surface area contributed by atoms with Crippen LogP contribution in [-0.4, -0.2) is 54.4 Å². The number of hydrogen-bond donors (Lipinski definition) is 1. The molecular formula is C24H31N3O6S. The van der Waals surface area contributed by atoms with E-state index < -0.39 is 15.9 Å². The van der Waals surface area contributed by atoms with Gasteiger partial charge < -0.3 is 19.0 Å². The SMILES string of the molecule is COc1cccc(OC)c1-n1c(CS(=O)(=O)CC[C@@H](O)C2CCCCC2)nnc1-c1ccco1. The highest BCUT2D eigenvalue weighted by molar-refractivity contribution is 7.90. The average Bonchev–Trinajstić information content (AvgIpc) is 3.52. The second kappa shape index (κ2) is 10.6. The van der Waals surface area contributed by atoms with E-state index in [2.05, 4.69) is 10.2 Å². The number of sulfone groups is 1. The van der Waals surface area contributed by atoms with Crippen LogP contribution in [0, 0.1) is 5.92 Å². The van der Waals surface area contributed by atoms with Crippen molar-refractivity contribution in [3.63, 3.8) is 0 Å². The molecular weight excluding hydrogens is 458 g/mol. The Bertz CT molecular complexity index is 1160. The topological polar surface area (TPSA) is 117 Å². The van der Waals surface area contributed by atoms with Crippen molar-refractivity contribution in [1.29, 1.82) is 0 Å². The van der Waals surface area contributed by atoms with Crippen LogP contribution < -0.4 is 9.47 Å². The van der Waals surface area contributed by atoms with E-state index in [-0.39, 0.29) is 29.7 Å². The number of furan rings is 1. The first-order valence-corrected chi connectivity index (χ1v) is 13.3. The molecule has 10 heteroatoms. The van der Waals surface area contributed by atoms with Crippen LogP contribution in [0.4, 0.5) is 0 Å². The molecule has 3 aromatic rings. The van der Waals surface area contributed by atoms with Gasteiger partial charge in [-0.25, -0.2) is 8.42 Å². The molecule has 2 aromatic heterocycles. The molecule has 34 heavy (non-hydrogen) atoms. The number of hydrogen-bond acceptors (Lipinski definition) is 8. The van der Waals surface area contributed by atoms with Crippen LogP contribution >= 0.6 is 0 Å². The van der Waals surface area contributed by atoms with E-state index in [0.717, 1.165) is 25.7 Å². The summed E-state index contributed by atoms with van der Waals surface area (Å²) in [6.45, 7) is 0. The number of rotatable bonds is 10. The lowest BCUT2D eigenvalue weighted by Crippen LogP contribution is -2.26. The fraction of sp³-hybridized carbons (Fsp3) is 0.500. The van der Waals surface area contributed by atoms with E-state index in [1.807, 2.05) is 0 Å². The molecule has 0 bridgehead atoms. The van der Waals surface area contributed by atoms with Crippen LogP contribution in [0.25, 0.3) is 17.3 Å². The van der Waals surface area contributed by atoms with E-state index in [1.165, 1.54) is 26.9 Å². The third-order valence-electron chi connectivity index (χ3n) is 6.36. The lowest BCUT2D eigenvalue weighted by molar-refractivity contribution is 0.0821. The summed E-state index contributed by atoms with van der Waals surface area (Å²) in [5, 5.41) is 19.0. The van der Waals surface area contributed by atoms with E-state index >= 15 is 0 Å². The molecule has 1 saturated carbocycles. The third kappa shape index (κ3) is 5.28. The smallest absolute Gasteiger partial charge is 0.204 e. The van der Waals surface area contributed by atoms with E-state index in [4.69, 9.17) is 13.9 Å². The van der Waals surface area contributed by atoms with E-state index in [0.29, 0.717) is 28.8 Å². The van der Waals surface area contributed by atoms with Crippen molar-refractivity contribution in [2.75, 3.05) is 20.0 Å². The van der Waals surface area contributed by atoms with Gasteiger partial charge in [0.2, 0.25) is 5.82 Å². The fourth-order valence-corrected chi connectivity index (χ4v) is 5.91. The molecule has 1 aromatic carbocycles. The van der Waals surface area contributed by atoms with Crippen LogP contribution in [-0.2, 0) is 15.6 Å². The summed E-state index contributed by atoms with van der Waals surface area (Å²) in [5.41, 5.74) is 0.483. The number of nitrogens with zero attached hydrogens (tertiary/aromatic N) is 3. The highest BCUT2D eigenvalue weighted by Gasteiger charge is 2.28. The monoisotopic (exact) mass is 489 g/mol. The van der Waals surface area contributed by atoms with Crippen molar-refractivity contribution in [3.05, 3.63) is 42.4 Å². The second-order valence-electron chi connectivity index (χ2n) is 8.61. The zero-order chi connectivity index (χ0) is 24.1. The molecule has 1 aliphatic rings. The summed E-state index contributed by atoms with van der Waals surface area (Å²) in [6, 6.07) is 8.73. The van der Waals surface area contributed by atoms with Gasteiger partial charge >= 0.3 is 0 Å². The van der Waals surface area contributed by atoms with Crippen molar-refractivity contribution in [2.45, 2.75) is 50.4 Å². The maximum absolute atomic E-state index is 13.1. The Morgan fingerprint density at radius 1 is 1.09 bits per heavy atom. The molecule has 184 valence electrons. The molecule has 9 nitrogen and oxygen atoms in total. The highest BCUT2D eigenvalue weighted by atomic mass is 32.2. The minimum Gasteiger partial charge on any atom is -0.494 e. The zero-order valence-electron chi connectivity index (χ0n) is 19.5. The normalized spacial score (nSPS) is 15.9. The molecule has 1 aliphatic carbocycles. The molecule has 2 heterocycles. The van der Waals surface area contributed by atoms with Crippen LogP contribution in [0.1, 0.15) is 44.3 Å². The number of methoxy groups -OCH3 is 2. The average molecular weight is 490 g/mol. The Morgan fingerprint density at radius 2 is 1.79 bits per heavy atom. The van der Waals surface area contributed by atoms with Crippen LogP contribution in [0.3, 0.4) is 0 Å². The van der Waals surface area contributed by atoms with Crippen LogP contribution in [0.15, 0.2) is 41.0 Å². The minimum atomic E-state index is -3.59. The predicted molar refractivity (Wildman–Crippen MR) is 127 cm³/mol. The van der Waals surface area contributed by atoms with Gasteiger partial charge in [-0.1, -0.05) is 25.3 Å². The Labute approximate surface area is 199 Å².